The Hall–Kier alpha value is -1.44. The number of para-hydroxylation sites is 1. The van der Waals surface area contributed by atoms with E-state index in [9.17, 15) is 14.5 Å². The van der Waals surface area contributed by atoms with Crippen LogP contribution in [-0.2, 0) is 20.5 Å². The number of methoxy groups -OCH3 is 1. The molecule has 8 nitrogen and oxygen atoms in total. The lowest BCUT2D eigenvalue weighted by Gasteiger charge is -2.25. The van der Waals surface area contributed by atoms with Crippen LogP contribution >= 0.6 is 7.29 Å². The summed E-state index contributed by atoms with van der Waals surface area (Å²) in [7, 11) is -2.10. The van der Waals surface area contributed by atoms with Crippen molar-refractivity contribution in [2.75, 3.05) is 20.3 Å². The first-order chi connectivity index (χ1) is 11.3. The average molecular weight is 360 g/mol. The van der Waals surface area contributed by atoms with Crippen LogP contribution in [-0.4, -0.2) is 48.1 Å². The molecular weight excluding hydrogens is 335 g/mol. The van der Waals surface area contributed by atoms with Crippen LogP contribution in [0.15, 0.2) is 24.3 Å². The van der Waals surface area contributed by atoms with Crippen LogP contribution in [0.25, 0.3) is 0 Å². The Bertz CT molecular complexity index is 583. The Morgan fingerprint density at radius 1 is 1.33 bits per heavy atom. The van der Waals surface area contributed by atoms with Crippen molar-refractivity contribution in [3.63, 3.8) is 0 Å². The van der Waals surface area contributed by atoms with Crippen LogP contribution in [0.2, 0.25) is 0 Å². The van der Waals surface area contributed by atoms with Gasteiger partial charge in [-0.05, 0) is 18.1 Å². The molecule has 0 radical (unpaired) electrons. The first-order valence-corrected chi connectivity index (χ1v) is 9.43. The topological polar surface area (TPSA) is 145 Å². The largest absolute Gasteiger partial charge is 0.491 e. The number of aliphatic carboxylic acids is 1. The molecule has 0 fully saturated rings. The van der Waals surface area contributed by atoms with E-state index in [0.29, 0.717) is 24.5 Å². The molecule has 136 valence electrons. The molecule has 0 heterocycles. The molecule has 9 heteroatoms. The molecule has 24 heavy (non-hydrogen) atoms. The Balaban J connectivity index is 2.76. The van der Waals surface area contributed by atoms with Gasteiger partial charge in [0.25, 0.3) is 0 Å². The summed E-state index contributed by atoms with van der Waals surface area (Å²) in [5, 5.41) is 18.9. The van der Waals surface area contributed by atoms with Gasteiger partial charge in [-0.3, -0.25) is 10.3 Å². The summed E-state index contributed by atoms with van der Waals surface area (Å²) in [4.78, 5) is 10.6. The highest BCUT2D eigenvalue weighted by atomic mass is 31.2. The number of ether oxygens (including phenoxy) is 2. The van der Waals surface area contributed by atoms with E-state index in [1.165, 1.54) is 0 Å². The van der Waals surface area contributed by atoms with Gasteiger partial charge in [-0.2, -0.15) is 0 Å². The summed E-state index contributed by atoms with van der Waals surface area (Å²) in [5.74, 6) is -2.98. The second-order valence-corrected chi connectivity index (χ2v) is 8.18. The van der Waals surface area contributed by atoms with Gasteiger partial charge in [-0.25, -0.2) is 0 Å². The number of benzene rings is 1. The quantitative estimate of drug-likeness (QED) is 0.337. The molecule has 0 aliphatic heterocycles. The van der Waals surface area contributed by atoms with E-state index in [4.69, 9.17) is 25.8 Å². The van der Waals surface area contributed by atoms with Gasteiger partial charge < -0.3 is 30.0 Å². The lowest BCUT2D eigenvalue weighted by atomic mass is 10.1. The number of aliphatic hydroxyl groups excluding tert-OH is 1. The monoisotopic (exact) mass is 360 g/mol. The van der Waals surface area contributed by atoms with E-state index in [-0.39, 0.29) is 19.3 Å². The molecule has 6 N–H and O–H groups in total. The van der Waals surface area contributed by atoms with Crippen LogP contribution in [0.1, 0.15) is 18.4 Å². The van der Waals surface area contributed by atoms with Crippen molar-refractivity contribution < 1.29 is 29.0 Å². The first-order valence-electron chi connectivity index (χ1n) is 7.52. The predicted molar refractivity (Wildman–Crippen MR) is 90.2 cm³/mol. The first kappa shape index (κ1) is 20.6. The fourth-order valence-corrected chi connectivity index (χ4v) is 3.54. The van der Waals surface area contributed by atoms with Crippen molar-refractivity contribution in [3.8, 4) is 5.75 Å². The molecule has 1 rings (SSSR count). The number of aliphatic hydroxyl groups is 1. The molecule has 0 bridgehead atoms. The normalized spacial score (nSPS) is 16.2. The summed E-state index contributed by atoms with van der Waals surface area (Å²) < 4.78 is 23.0. The van der Waals surface area contributed by atoms with Crippen LogP contribution < -0.4 is 16.0 Å². The minimum atomic E-state index is -3.66. The van der Waals surface area contributed by atoms with Crippen molar-refractivity contribution in [2.45, 2.75) is 30.9 Å². The number of rotatable bonds is 11. The maximum absolute atomic E-state index is 12.6. The highest BCUT2D eigenvalue weighted by molar-refractivity contribution is 7.62. The minimum Gasteiger partial charge on any atom is -0.491 e. The smallest absolute Gasteiger partial charge is 0.303 e. The van der Waals surface area contributed by atoms with Crippen LogP contribution in [0.5, 0.6) is 5.75 Å². The maximum atomic E-state index is 12.6. The van der Waals surface area contributed by atoms with E-state index < -0.39 is 24.9 Å². The average Bonchev–Trinajstić information content (AvgIpc) is 2.54. The lowest BCUT2D eigenvalue weighted by molar-refractivity contribution is -0.137. The molecule has 0 saturated carbocycles. The van der Waals surface area contributed by atoms with E-state index in [0.717, 1.165) is 0 Å². The summed E-state index contributed by atoms with van der Waals surface area (Å²) in [6.07, 6.45) is -0.324. The fraction of sp³-hybridized carbons (Fsp3) is 0.533. The zero-order valence-electron chi connectivity index (χ0n) is 13.6. The Kier molecular flexibility index (Phi) is 8.38. The van der Waals surface area contributed by atoms with Gasteiger partial charge in [0, 0.05) is 20.0 Å². The summed E-state index contributed by atoms with van der Waals surface area (Å²) in [6.45, 7) is 0.744. The molecule has 0 aliphatic rings. The summed E-state index contributed by atoms with van der Waals surface area (Å²) in [5.41, 5.74) is 12.1. The van der Waals surface area contributed by atoms with Crippen LogP contribution in [0.3, 0.4) is 0 Å². The molecule has 0 saturated heterocycles. The third-order valence-electron chi connectivity index (χ3n) is 3.56. The third kappa shape index (κ3) is 6.22. The van der Waals surface area contributed by atoms with Gasteiger partial charge in [0.05, 0.1) is 12.4 Å². The SMILES string of the molecule is COCCOc1ccccc1CC(O)P(N)(=O)C(N)CCC(=O)O. The summed E-state index contributed by atoms with van der Waals surface area (Å²) in [6, 6.07) is 6.99. The van der Waals surface area contributed by atoms with E-state index in [1.54, 1.807) is 31.4 Å². The minimum absolute atomic E-state index is 0.00228. The van der Waals surface area contributed by atoms with E-state index in [1.807, 2.05) is 0 Å². The fourth-order valence-electron chi connectivity index (χ4n) is 2.08. The van der Waals surface area contributed by atoms with Crippen LogP contribution in [0, 0.1) is 0 Å². The molecule has 0 spiro atoms. The molecule has 3 atom stereocenters. The zero-order chi connectivity index (χ0) is 18.2. The standard InChI is InChI=1S/C15H25N2O6P/c1-22-8-9-23-12-5-3-2-4-11(12)10-15(20)24(17,21)13(16)6-7-14(18)19/h2-5,13,15,20H,6-10,16H2,1H3,(H2,17,21)(H,18,19). The second kappa shape index (κ2) is 9.76. The molecular formula is C15H25N2O6P. The van der Waals surface area contributed by atoms with Gasteiger partial charge in [0.1, 0.15) is 18.2 Å². The Morgan fingerprint density at radius 3 is 2.62 bits per heavy atom. The van der Waals surface area contributed by atoms with E-state index in [2.05, 4.69) is 0 Å². The van der Waals surface area contributed by atoms with Crippen LogP contribution in [0.4, 0.5) is 0 Å². The van der Waals surface area contributed by atoms with E-state index >= 15 is 0 Å². The van der Waals surface area contributed by atoms with Crippen molar-refractivity contribution in [1.82, 2.24) is 0 Å². The number of hydrogen-bond acceptors (Lipinski definition) is 6. The predicted octanol–water partition coefficient (Wildman–Crippen LogP) is 0.959. The van der Waals surface area contributed by atoms with Crippen molar-refractivity contribution >= 4 is 13.3 Å². The second-order valence-electron chi connectivity index (χ2n) is 5.40. The lowest BCUT2D eigenvalue weighted by Crippen LogP contribution is -2.32. The highest BCUT2D eigenvalue weighted by Gasteiger charge is 2.34. The van der Waals surface area contributed by atoms with Crippen molar-refractivity contribution in [3.05, 3.63) is 29.8 Å². The third-order valence-corrected chi connectivity index (χ3v) is 5.97. The number of carboxylic acid groups (broad SMARTS) is 1. The number of hydrogen-bond donors (Lipinski definition) is 4. The van der Waals surface area contributed by atoms with Gasteiger partial charge in [-0.15, -0.1) is 0 Å². The maximum Gasteiger partial charge on any atom is 0.303 e. The van der Waals surface area contributed by atoms with Gasteiger partial charge >= 0.3 is 5.97 Å². The number of carboxylic acids is 1. The molecule has 0 aliphatic carbocycles. The molecule has 0 amide bonds. The highest BCUT2D eigenvalue weighted by Crippen LogP contribution is 2.47. The number of nitrogens with two attached hydrogens (primary N) is 2. The summed E-state index contributed by atoms with van der Waals surface area (Å²) >= 11 is 0. The van der Waals surface area contributed by atoms with Gasteiger partial charge in [-0.1, -0.05) is 18.2 Å². The zero-order valence-corrected chi connectivity index (χ0v) is 14.5. The van der Waals surface area contributed by atoms with Crippen molar-refractivity contribution in [2.24, 2.45) is 11.2 Å². The van der Waals surface area contributed by atoms with Crippen molar-refractivity contribution in [1.29, 1.82) is 0 Å². The van der Waals surface area contributed by atoms with Gasteiger partial charge in [0.15, 0.2) is 7.29 Å². The Labute approximate surface area is 141 Å². The van der Waals surface area contributed by atoms with Gasteiger partial charge in [0.2, 0.25) is 0 Å². The molecule has 3 unspecified atom stereocenters. The number of carbonyl (C=O) groups is 1. The molecule has 0 aromatic heterocycles. The Morgan fingerprint density at radius 2 is 2.00 bits per heavy atom. The molecule has 1 aromatic rings. The molecule has 1 aromatic carbocycles.